The molecule has 0 bridgehead atoms. The van der Waals surface area contributed by atoms with Crippen LogP contribution < -0.4 is 5.73 Å². The molecule has 1 heterocycles. The molecular weight excluding hydrogens is 220 g/mol. The third-order valence-electron chi connectivity index (χ3n) is 1.63. The van der Waals surface area contributed by atoms with Gasteiger partial charge in [0.15, 0.2) is 4.34 Å². The highest BCUT2D eigenvalue weighted by Gasteiger charge is 2.12. The van der Waals surface area contributed by atoms with Gasteiger partial charge in [-0.3, -0.25) is 0 Å². The molecule has 14 heavy (non-hydrogen) atoms. The van der Waals surface area contributed by atoms with E-state index in [9.17, 15) is 0 Å². The summed E-state index contributed by atoms with van der Waals surface area (Å²) < 4.78 is 0.919. The summed E-state index contributed by atoms with van der Waals surface area (Å²) in [6.07, 6.45) is 1.51. The number of oxime groups is 1. The fourth-order valence-electron chi connectivity index (χ4n) is 0.900. The van der Waals surface area contributed by atoms with Crippen LogP contribution in [0.4, 0.5) is 0 Å². The molecule has 0 fully saturated rings. The molecule has 0 saturated heterocycles. The maximum atomic E-state index is 8.43. The molecular formula is C7H12N4OS2. The van der Waals surface area contributed by atoms with Gasteiger partial charge in [0.05, 0.1) is 0 Å². The van der Waals surface area contributed by atoms with Gasteiger partial charge in [0, 0.05) is 11.7 Å². The van der Waals surface area contributed by atoms with Crippen molar-refractivity contribution in [3.05, 3.63) is 5.51 Å². The molecule has 0 aliphatic rings. The molecule has 0 saturated carbocycles. The van der Waals surface area contributed by atoms with Crippen molar-refractivity contribution in [2.75, 3.05) is 0 Å². The second-order valence-electron chi connectivity index (χ2n) is 2.65. The van der Waals surface area contributed by atoms with Crippen LogP contribution in [0.25, 0.3) is 0 Å². The predicted octanol–water partition coefficient (Wildman–Crippen LogP) is 1.55. The first kappa shape index (κ1) is 11.3. The zero-order valence-corrected chi connectivity index (χ0v) is 9.38. The first-order valence-electron chi connectivity index (χ1n) is 4.15. The number of amidine groups is 1. The average molecular weight is 232 g/mol. The Hall–Kier alpha value is -0.820. The van der Waals surface area contributed by atoms with E-state index in [0.29, 0.717) is 11.7 Å². The molecule has 1 unspecified atom stereocenters. The van der Waals surface area contributed by atoms with Gasteiger partial charge in [-0.05, 0) is 6.42 Å². The maximum Gasteiger partial charge on any atom is 0.174 e. The Morgan fingerprint density at radius 1 is 1.86 bits per heavy atom. The molecule has 7 heteroatoms. The Morgan fingerprint density at radius 3 is 3.14 bits per heavy atom. The summed E-state index contributed by atoms with van der Waals surface area (Å²) in [6, 6.07) is 0. The van der Waals surface area contributed by atoms with Gasteiger partial charge in [-0.2, -0.15) is 0 Å². The van der Waals surface area contributed by atoms with E-state index in [1.54, 1.807) is 17.3 Å². The lowest BCUT2D eigenvalue weighted by molar-refractivity contribution is 0.316. The smallest absolute Gasteiger partial charge is 0.174 e. The Balaban J connectivity index is 2.47. The van der Waals surface area contributed by atoms with Crippen molar-refractivity contribution in [2.24, 2.45) is 10.9 Å². The van der Waals surface area contributed by atoms with Gasteiger partial charge >= 0.3 is 0 Å². The van der Waals surface area contributed by atoms with Gasteiger partial charge in [0.1, 0.15) is 11.3 Å². The number of aromatic nitrogens is 2. The summed E-state index contributed by atoms with van der Waals surface area (Å²) in [7, 11) is 0. The lowest BCUT2D eigenvalue weighted by atomic mass is 10.2. The fraction of sp³-hybridized carbons (Fsp3) is 0.571. The molecule has 0 aliphatic heterocycles. The van der Waals surface area contributed by atoms with Crippen molar-refractivity contribution in [3.63, 3.8) is 0 Å². The number of thioether (sulfide) groups is 1. The fourth-order valence-corrected chi connectivity index (χ4v) is 2.74. The minimum Gasteiger partial charge on any atom is -0.409 e. The number of rotatable bonds is 5. The largest absolute Gasteiger partial charge is 0.409 e. The zero-order valence-electron chi connectivity index (χ0n) is 7.75. The SMILES string of the molecule is CCC(C/C(N)=N/O)Sc1nncs1. The summed E-state index contributed by atoms with van der Waals surface area (Å²) in [6.45, 7) is 2.06. The second kappa shape index (κ2) is 5.82. The molecule has 5 nitrogen and oxygen atoms in total. The van der Waals surface area contributed by atoms with Gasteiger partial charge in [-0.25, -0.2) is 0 Å². The van der Waals surface area contributed by atoms with Crippen LogP contribution in [0.15, 0.2) is 15.0 Å². The molecule has 1 aromatic rings. The van der Waals surface area contributed by atoms with E-state index in [2.05, 4.69) is 22.3 Å². The molecule has 78 valence electrons. The molecule has 3 N–H and O–H groups in total. The molecule has 1 rings (SSSR count). The monoisotopic (exact) mass is 232 g/mol. The zero-order chi connectivity index (χ0) is 10.4. The van der Waals surface area contributed by atoms with Crippen LogP contribution in [0.5, 0.6) is 0 Å². The Labute approximate surface area is 90.4 Å². The van der Waals surface area contributed by atoms with Crippen LogP contribution in [-0.4, -0.2) is 26.5 Å². The van der Waals surface area contributed by atoms with E-state index in [4.69, 9.17) is 10.9 Å². The summed E-state index contributed by atoms with van der Waals surface area (Å²) in [4.78, 5) is 0. The Morgan fingerprint density at radius 2 is 2.64 bits per heavy atom. The normalized spacial score (nSPS) is 14.2. The van der Waals surface area contributed by atoms with Crippen molar-refractivity contribution in [3.8, 4) is 0 Å². The minimum atomic E-state index is 0.258. The third kappa shape index (κ3) is 3.51. The van der Waals surface area contributed by atoms with Crippen LogP contribution in [0.3, 0.4) is 0 Å². The maximum absolute atomic E-state index is 8.43. The van der Waals surface area contributed by atoms with Crippen molar-refractivity contribution in [2.45, 2.75) is 29.4 Å². The Bertz CT molecular complexity index is 288. The van der Waals surface area contributed by atoms with E-state index < -0.39 is 0 Å². The summed E-state index contributed by atoms with van der Waals surface area (Å²) in [5.74, 6) is 0.258. The average Bonchev–Trinajstić information content (AvgIpc) is 2.69. The van der Waals surface area contributed by atoms with Crippen molar-refractivity contribution >= 4 is 28.9 Å². The van der Waals surface area contributed by atoms with Crippen LogP contribution >= 0.6 is 23.1 Å². The summed E-state index contributed by atoms with van der Waals surface area (Å²) >= 11 is 3.11. The standard InChI is InChI=1S/C7H12N4OS2/c1-2-5(3-6(8)11-12)14-7-10-9-4-13-7/h4-5,12H,2-3H2,1H3,(H2,8,11). The first-order chi connectivity index (χ1) is 6.76. The van der Waals surface area contributed by atoms with E-state index >= 15 is 0 Å². The van der Waals surface area contributed by atoms with E-state index in [1.165, 1.54) is 11.3 Å². The van der Waals surface area contributed by atoms with Crippen LogP contribution in [-0.2, 0) is 0 Å². The van der Waals surface area contributed by atoms with Crippen molar-refractivity contribution in [1.82, 2.24) is 10.2 Å². The number of hydrogen-bond acceptors (Lipinski definition) is 6. The van der Waals surface area contributed by atoms with Crippen LogP contribution in [0.1, 0.15) is 19.8 Å². The molecule has 0 spiro atoms. The van der Waals surface area contributed by atoms with E-state index in [0.717, 1.165) is 10.8 Å². The molecule has 0 aromatic carbocycles. The summed E-state index contributed by atoms with van der Waals surface area (Å²) in [5, 5.41) is 19.3. The number of hydrogen-bond donors (Lipinski definition) is 2. The second-order valence-corrected chi connectivity index (χ2v) is 5.03. The van der Waals surface area contributed by atoms with Gasteiger partial charge in [-0.1, -0.05) is 35.2 Å². The number of nitrogens with two attached hydrogens (primary N) is 1. The van der Waals surface area contributed by atoms with Crippen molar-refractivity contribution < 1.29 is 5.21 Å². The predicted molar refractivity (Wildman–Crippen MR) is 57.9 cm³/mol. The van der Waals surface area contributed by atoms with Crippen LogP contribution in [0, 0.1) is 0 Å². The van der Waals surface area contributed by atoms with Gasteiger partial charge < -0.3 is 10.9 Å². The topological polar surface area (TPSA) is 84.4 Å². The van der Waals surface area contributed by atoms with E-state index in [-0.39, 0.29) is 5.84 Å². The molecule has 1 atom stereocenters. The molecule has 1 aromatic heterocycles. The van der Waals surface area contributed by atoms with Gasteiger partial charge in [-0.15, -0.1) is 10.2 Å². The van der Waals surface area contributed by atoms with Gasteiger partial charge in [0.2, 0.25) is 0 Å². The minimum absolute atomic E-state index is 0.258. The molecule has 0 amide bonds. The van der Waals surface area contributed by atoms with E-state index in [1.807, 2.05) is 0 Å². The third-order valence-corrected chi connectivity index (χ3v) is 3.81. The molecule has 0 aliphatic carbocycles. The number of nitrogens with zero attached hydrogens (tertiary/aromatic N) is 3. The van der Waals surface area contributed by atoms with Gasteiger partial charge in [0.25, 0.3) is 0 Å². The lowest BCUT2D eigenvalue weighted by Gasteiger charge is -2.10. The first-order valence-corrected chi connectivity index (χ1v) is 5.91. The highest BCUT2D eigenvalue weighted by atomic mass is 32.2. The Kier molecular flexibility index (Phi) is 4.68. The quantitative estimate of drug-likeness (QED) is 0.264. The molecule has 0 radical (unpaired) electrons. The summed E-state index contributed by atoms with van der Waals surface area (Å²) in [5.41, 5.74) is 7.13. The van der Waals surface area contributed by atoms with Crippen molar-refractivity contribution in [1.29, 1.82) is 0 Å². The lowest BCUT2D eigenvalue weighted by Crippen LogP contribution is -2.18. The highest BCUT2D eigenvalue weighted by Crippen LogP contribution is 2.28. The highest BCUT2D eigenvalue weighted by molar-refractivity contribution is 8.01. The van der Waals surface area contributed by atoms with Crippen LogP contribution in [0.2, 0.25) is 0 Å².